The maximum absolute atomic E-state index is 14.0. The predicted octanol–water partition coefficient (Wildman–Crippen LogP) is 8.64. The number of nitrogens with one attached hydrogen (secondary N) is 1. The van der Waals surface area contributed by atoms with Crippen molar-refractivity contribution in [3.8, 4) is 0 Å². The summed E-state index contributed by atoms with van der Waals surface area (Å²) in [6.45, 7) is 20.9. The van der Waals surface area contributed by atoms with Gasteiger partial charge in [-0.25, -0.2) is 0 Å². The van der Waals surface area contributed by atoms with Crippen molar-refractivity contribution in [2.24, 2.45) is 68.3 Å². The van der Waals surface area contributed by atoms with Crippen molar-refractivity contribution in [3.63, 3.8) is 0 Å². The zero-order chi connectivity index (χ0) is 40.4. The Morgan fingerprint density at radius 3 is 2.11 bits per heavy atom. The van der Waals surface area contributed by atoms with Crippen molar-refractivity contribution in [1.82, 2.24) is 5.32 Å². The molecule has 0 saturated heterocycles. The molecule has 0 aromatic heterocycles. The van der Waals surface area contributed by atoms with E-state index in [9.17, 15) is 19.2 Å². The second kappa shape index (κ2) is 13.0. The highest BCUT2D eigenvalue weighted by Crippen LogP contribution is 2.76. The van der Waals surface area contributed by atoms with Gasteiger partial charge in [0.2, 0.25) is 5.91 Å². The third-order valence-electron chi connectivity index (χ3n) is 18.3. The number of carbonyl (C=O) groups is 4. The molecule has 306 valence electrons. The summed E-state index contributed by atoms with van der Waals surface area (Å²) in [6, 6.07) is 9.70. The first-order chi connectivity index (χ1) is 26.1. The molecule has 1 aromatic rings. The summed E-state index contributed by atoms with van der Waals surface area (Å²) >= 11 is 0. The lowest BCUT2D eigenvalue weighted by molar-refractivity contribution is -0.235. The number of nitrogens with two attached hydrogens (primary N) is 1. The molecule has 1 aromatic carbocycles. The standard InChI is InChI=1S/C48H68N2O6/c1-28(2)37-33(51)26-48(50-41(54)47(49)22-23-47)24-21-45(8)30(38(37)48)15-16-35-44(7)19-18-36(43(5,6)34(44)17-20-46(35,45)9)56-40(53)32-25-31(42(32,3)4)39(52)55-27-29-13-11-10-12-14-29/h10-14,28,30-32,34-36H,15-27,49H2,1-9H3,(H,50,54)/t30-,31+,32-,34?,35?,36+,44+,45-,46-,48-/m1/s1. The number of ether oxygens (including phenoxy) is 2. The van der Waals surface area contributed by atoms with E-state index in [2.05, 4.69) is 53.8 Å². The zero-order valence-electron chi connectivity index (χ0n) is 35.6. The average molecular weight is 769 g/mol. The van der Waals surface area contributed by atoms with Crippen LogP contribution in [0.3, 0.4) is 0 Å². The molecular formula is C48H68N2O6. The van der Waals surface area contributed by atoms with Crippen LogP contribution in [-0.4, -0.2) is 40.8 Å². The highest BCUT2D eigenvalue weighted by atomic mass is 16.5. The number of fused-ring (bicyclic) bond motifs is 7. The van der Waals surface area contributed by atoms with Crippen LogP contribution >= 0.6 is 0 Å². The minimum absolute atomic E-state index is 0.0136. The van der Waals surface area contributed by atoms with E-state index in [0.29, 0.717) is 37.5 Å². The van der Waals surface area contributed by atoms with Crippen LogP contribution in [0.15, 0.2) is 41.5 Å². The summed E-state index contributed by atoms with van der Waals surface area (Å²) in [5.74, 6) is 0.310. The zero-order valence-corrected chi connectivity index (χ0v) is 35.6. The van der Waals surface area contributed by atoms with Crippen molar-refractivity contribution in [2.45, 2.75) is 163 Å². The van der Waals surface area contributed by atoms with E-state index in [1.807, 2.05) is 44.2 Å². The van der Waals surface area contributed by atoms with Gasteiger partial charge < -0.3 is 20.5 Å². The molecule has 0 spiro atoms. The lowest BCUT2D eigenvalue weighted by Gasteiger charge is -2.72. The number of esters is 2. The topological polar surface area (TPSA) is 125 Å². The molecule has 8 heteroatoms. The summed E-state index contributed by atoms with van der Waals surface area (Å²) in [5.41, 5.74) is 7.60. The van der Waals surface area contributed by atoms with E-state index in [-0.39, 0.29) is 81.7 Å². The Bertz CT molecular complexity index is 1840. The molecule has 10 atom stereocenters. The molecule has 6 fully saturated rings. The first-order valence-electron chi connectivity index (χ1n) is 21.9. The van der Waals surface area contributed by atoms with Gasteiger partial charge in [-0.3, -0.25) is 19.2 Å². The number of Topliss-reactive ketones (excluding diaryl/α,β-unsaturated/α-hetero) is 1. The molecule has 8 nitrogen and oxygen atoms in total. The van der Waals surface area contributed by atoms with Gasteiger partial charge in [0.05, 0.1) is 22.9 Å². The monoisotopic (exact) mass is 769 g/mol. The Balaban J connectivity index is 0.984. The third kappa shape index (κ3) is 5.67. The highest BCUT2D eigenvalue weighted by molar-refractivity contribution is 6.03. The Morgan fingerprint density at radius 2 is 1.46 bits per heavy atom. The molecular weight excluding hydrogens is 701 g/mol. The quantitative estimate of drug-likeness (QED) is 0.254. The summed E-state index contributed by atoms with van der Waals surface area (Å²) in [7, 11) is 0. The Kier molecular flexibility index (Phi) is 9.24. The normalized spacial score (nSPS) is 41.3. The van der Waals surface area contributed by atoms with Crippen molar-refractivity contribution in [2.75, 3.05) is 0 Å². The molecule has 2 unspecified atom stereocenters. The smallest absolute Gasteiger partial charge is 0.309 e. The SMILES string of the molecule is CC(C)C1=C2[C@H]3CCC4[C@@]5(C)CC[C@H](OC(=O)[C@H]6C[C@@H](C(=O)OCc7ccccc7)C6(C)C)C(C)(C)C5CC[C@@]4(C)[C@]3(C)CC[C@@]2(NC(=O)C2(N)CC2)CC1=O. The van der Waals surface area contributed by atoms with Crippen molar-refractivity contribution in [1.29, 1.82) is 0 Å². The van der Waals surface area contributed by atoms with E-state index >= 15 is 0 Å². The molecule has 0 radical (unpaired) electrons. The maximum Gasteiger partial charge on any atom is 0.309 e. The van der Waals surface area contributed by atoms with Gasteiger partial charge in [0, 0.05) is 11.8 Å². The van der Waals surface area contributed by atoms with Crippen molar-refractivity contribution >= 4 is 23.6 Å². The molecule has 0 aliphatic heterocycles. The number of carbonyl (C=O) groups excluding carboxylic acids is 4. The van der Waals surface area contributed by atoms with Gasteiger partial charge in [0.25, 0.3) is 0 Å². The number of hydrogen-bond acceptors (Lipinski definition) is 7. The maximum atomic E-state index is 14.0. The Labute approximate surface area is 335 Å². The van der Waals surface area contributed by atoms with Crippen molar-refractivity contribution < 1.29 is 28.7 Å². The lowest BCUT2D eigenvalue weighted by atomic mass is 9.33. The Morgan fingerprint density at radius 1 is 0.786 bits per heavy atom. The number of amides is 1. The van der Waals surface area contributed by atoms with Crippen LogP contribution in [-0.2, 0) is 35.3 Å². The molecule has 0 bridgehead atoms. The molecule has 7 aliphatic rings. The average Bonchev–Trinajstić information content (AvgIpc) is 3.81. The summed E-state index contributed by atoms with van der Waals surface area (Å²) < 4.78 is 12.2. The summed E-state index contributed by atoms with van der Waals surface area (Å²) in [5, 5.41) is 3.46. The molecule has 6 saturated carbocycles. The molecule has 7 aliphatic carbocycles. The van der Waals surface area contributed by atoms with Crippen LogP contribution in [0.25, 0.3) is 0 Å². The fourth-order valence-electron chi connectivity index (χ4n) is 14.4. The largest absolute Gasteiger partial charge is 0.462 e. The van der Waals surface area contributed by atoms with Gasteiger partial charge in [0.1, 0.15) is 12.7 Å². The summed E-state index contributed by atoms with van der Waals surface area (Å²) in [6.07, 6.45) is 9.98. The molecule has 1 amide bonds. The molecule has 3 N–H and O–H groups in total. The molecule has 0 heterocycles. The number of ketones is 1. The highest BCUT2D eigenvalue weighted by Gasteiger charge is 2.71. The lowest BCUT2D eigenvalue weighted by Crippen LogP contribution is -2.68. The third-order valence-corrected chi connectivity index (χ3v) is 18.3. The number of benzene rings is 1. The number of rotatable bonds is 8. The first-order valence-corrected chi connectivity index (χ1v) is 21.9. The van der Waals surface area contributed by atoms with E-state index < -0.39 is 16.5 Å². The van der Waals surface area contributed by atoms with Gasteiger partial charge in [-0.2, -0.15) is 0 Å². The van der Waals surface area contributed by atoms with Crippen molar-refractivity contribution in [3.05, 3.63) is 47.0 Å². The van der Waals surface area contributed by atoms with Crippen LogP contribution < -0.4 is 11.1 Å². The van der Waals surface area contributed by atoms with Gasteiger partial charge in [0.15, 0.2) is 5.78 Å². The fourth-order valence-corrected chi connectivity index (χ4v) is 14.4. The molecule has 8 rings (SSSR count). The van der Waals surface area contributed by atoms with Gasteiger partial charge in [-0.05, 0) is 133 Å². The van der Waals surface area contributed by atoms with Crippen LogP contribution in [0.4, 0.5) is 0 Å². The van der Waals surface area contributed by atoms with Gasteiger partial charge >= 0.3 is 11.9 Å². The second-order valence-corrected chi connectivity index (χ2v) is 21.9. The van der Waals surface area contributed by atoms with Crippen LogP contribution in [0.2, 0.25) is 0 Å². The minimum Gasteiger partial charge on any atom is -0.462 e. The predicted molar refractivity (Wildman–Crippen MR) is 216 cm³/mol. The Hall–Kier alpha value is -3.00. The van der Waals surface area contributed by atoms with E-state index in [1.54, 1.807) is 0 Å². The summed E-state index contributed by atoms with van der Waals surface area (Å²) in [4.78, 5) is 54.6. The van der Waals surface area contributed by atoms with Crippen LogP contribution in [0.5, 0.6) is 0 Å². The second-order valence-electron chi connectivity index (χ2n) is 21.9. The minimum atomic E-state index is -0.784. The number of hydrogen-bond donors (Lipinski definition) is 2. The van der Waals surface area contributed by atoms with E-state index in [0.717, 1.165) is 62.5 Å². The van der Waals surface area contributed by atoms with Gasteiger partial charge in [-0.15, -0.1) is 0 Å². The van der Waals surface area contributed by atoms with Crippen LogP contribution in [0, 0.1) is 62.6 Å². The fraction of sp³-hybridized carbons (Fsp3) is 0.750. The van der Waals surface area contributed by atoms with Crippen LogP contribution in [0.1, 0.15) is 145 Å². The first kappa shape index (κ1) is 39.8. The number of allylic oxidation sites excluding steroid dienone is 1. The van der Waals surface area contributed by atoms with E-state index in [1.165, 1.54) is 5.57 Å². The van der Waals surface area contributed by atoms with Gasteiger partial charge in [-0.1, -0.05) is 92.6 Å². The molecule has 56 heavy (non-hydrogen) atoms. The van der Waals surface area contributed by atoms with E-state index in [4.69, 9.17) is 15.2 Å².